The van der Waals surface area contributed by atoms with Crippen molar-refractivity contribution >= 4 is 50.4 Å². The van der Waals surface area contributed by atoms with Crippen LogP contribution in [0, 0.1) is 8.99 Å². The van der Waals surface area contributed by atoms with E-state index in [2.05, 4.69) is 43.8 Å². The number of carboxylic acids is 1. The summed E-state index contributed by atoms with van der Waals surface area (Å²) in [7, 11) is 0. The van der Waals surface area contributed by atoms with Crippen molar-refractivity contribution in [3.63, 3.8) is 0 Å². The molecule has 0 bridgehead atoms. The van der Waals surface area contributed by atoms with Crippen LogP contribution >= 0.6 is 38.5 Å². The van der Waals surface area contributed by atoms with Gasteiger partial charge in [0.1, 0.15) is 6.04 Å². The van der Waals surface area contributed by atoms with E-state index in [4.69, 9.17) is 0 Å². The number of benzene rings is 1. The smallest absolute Gasteiger partial charge is 0.326 e. The largest absolute Gasteiger partial charge is 0.480 e. The summed E-state index contributed by atoms with van der Waals surface area (Å²) in [4.78, 5) is 23.4. The van der Waals surface area contributed by atoms with Crippen LogP contribution in [-0.2, 0) is 4.79 Å². The molecule has 0 saturated carbocycles. The summed E-state index contributed by atoms with van der Waals surface area (Å²) in [6, 6.07) is 4.40. The van der Waals surface area contributed by atoms with Gasteiger partial charge in [-0.2, -0.15) is 0 Å². The van der Waals surface area contributed by atoms with Crippen molar-refractivity contribution in [3.05, 3.63) is 31.8 Å². The standard InChI is InChI=1S/C13H15BrINO3/c1-13(2,3)10(12(18)19)16-11(17)8-6-7(15)4-5-9(8)14/h4-6,10H,1-3H3,(H,16,17)(H,18,19)/t10-/m0/s1. The number of carbonyl (C=O) groups excluding carboxylic acids is 1. The highest BCUT2D eigenvalue weighted by Crippen LogP contribution is 2.23. The molecule has 0 aliphatic carbocycles. The van der Waals surface area contributed by atoms with Gasteiger partial charge in [-0.15, -0.1) is 0 Å². The molecule has 1 rings (SSSR count). The summed E-state index contributed by atoms with van der Waals surface area (Å²) >= 11 is 5.40. The van der Waals surface area contributed by atoms with E-state index in [1.807, 2.05) is 6.07 Å². The molecular formula is C13H15BrINO3. The highest BCUT2D eigenvalue weighted by molar-refractivity contribution is 14.1. The number of hydrogen-bond donors (Lipinski definition) is 2. The Morgan fingerprint density at radius 3 is 2.42 bits per heavy atom. The maximum Gasteiger partial charge on any atom is 0.326 e. The fourth-order valence-corrected chi connectivity index (χ4v) is 2.45. The number of rotatable bonds is 3. The van der Waals surface area contributed by atoms with E-state index in [1.54, 1.807) is 32.9 Å². The second-order valence-corrected chi connectivity index (χ2v) is 7.33. The quantitative estimate of drug-likeness (QED) is 0.710. The Morgan fingerprint density at radius 2 is 1.95 bits per heavy atom. The molecule has 0 aliphatic rings. The van der Waals surface area contributed by atoms with E-state index in [0.717, 1.165) is 3.57 Å². The van der Waals surface area contributed by atoms with Crippen molar-refractivity contribution < 1.29 is 14.7 Å². The molecule has 0 radical (unpaired) electrons. The minimum atomic E-state index is -1.04. The molecule has 0 heterocycles. The summed E-state index contributed by atoms with van der Waals surface area (Å²) < 4.78 is 1.55. The number of aliphatic carboxylic acids is 1. The van der Waals surface area contributed by atoms with Crippen LogP contribution in [0.5, 0.6) is 0 Å². The Balaban J connectivity index is 3.01. The summed E-state index contributed by atoms with van der Waals surface area (Å²) in [6.07, 6.45) is 0. The lowest BCUT2D eigenvalue weighted by atomic mass is 9.86. The van der Waals surface area contributed by atoms with Gasteiger partial charge in [0, 0.05) is 8.04 Å². The Bertz CT molecular complexity index is 511. The number of hydrogen-bond acceptors (Lipinski definition) is 2. The van der Waals surface area contributed by atoms with Crippen molar-refractivity contribution in [1.82, 2.24) is 5.32 Å². The minimum absolute atomic E-state index is 0.396. The van der Waals surface area contributed by atoms with Gasteiger partial charge in [0.15, 0.2) is 0 Å². The van der Waals surface area contributed by atoms with E-state index in [1.165, 1.54) is 0 Å². The maximum atomic E-state index is 12.2. The third-order valence-corrected chi connectivity index (χ3v) is 3.92. The molecule has 19 heavy (non-hydrogen) atoms. The predicted molar refractivity (Wildman–Crippen MR) is 85.2 cm³/mol. The number of carboxylic acid groups (broad SMARTS) is 1. The molecule has 0 saturated heterocycles. The van der Waals surface area contributed by atoms with E-state index in [9.17, 15) is 14.7 Å². The fraction of sp³-hybridized carbons (Fsp3) is 0.385. The van der Waals surface area contributed by atoms with E-state index in [-0.39, 0.29) is 0 Å². The highest BCUT2D eigenvalue weighted by Gasteiger charge is 2.33. The normalized spacial score (nSPS) is 12.9. The number of amides is 1. The van der Waals surface area contributed by atoms with E-state index < -0.39 is 23.3 Å². The van der Waals surface area contributed by atoms with Gasteiger partial charge in [-0.05, 0) is 62.1 Å². The number of carbonyl (C=O) groups is 2. The van der Waals surface area contributed by atoms with Crippen LogP contribution in [0.2, 0.25) is 0 Å². The molecule has 1 amide bonds. The van der Waals surface area contributed by atoms with Crippen LogP contribution in [0.3, 0.4) is 0 Å². The monoisotopic (exact) mass is 439 g/mol. The van der Waals surface area contributed by atoms with Crippen LogP contribution in [0.4, 0.5) is 0 Å². The lowest BCUT2D eigenvalue weighted by Gasteiger charge is -2.27. The molecule has 0 spiro atoms. The van der Waals surface area contributed by atoms with Crippen LogP contribution in [0.1, 0.15) is 31.1 Å². The summed E-state index contributed by atoms with van der Waals surface area (Å²) in [5.41, 5.74) is -0.127. The van der Waals surface area contributed by atoms with Gasteiger partial charge in [-0.3, -0.25) is 4.79 Å². The van der Waals surface area contributed by atoms with Gasteiger partial charge in [0.2, 0.25) is 0 Å². The zero-order valence-electron chi connectivity index (χ0n) is 10.8. The number of halogens is 2. The Kier molecular flexibility index (Phi) is 5.37. The van der Waals surface area contributed by atoms with Crippen LogP contribution < -0.4 is 5.32 Å². The van der Waals surface area contributed by atoms with Crippen molar-refractivity contribution in [2.45, 2.75) is 26.8 Å². The first-order valence-electron chi connectivity index (χ1n) is 5.61. The van der Waals surface area contributed by atoms with E-state index in [0.29, 0.717) is 10.0 Å². The van der Waals surface area contributed by atoms with Crippen molar-refractivity contribution in [2.75, 3.05) is 0 Å². The Labute approximate surface area is 134 Å². The molecule has 0 fully saturated rings. The molecule has 2 N–H and O–H groups in total. The second kappa shape index (κ2) is 6.21. The van der Waals surface area contributed by atoms with Gasteiger partial charge in [0.05, 0.1) is 5.56 Å². The van der Waals surface area contributed by atoms with Crippen LogP contribution in [-0.4, -0.2) is 23.0 Å². The van der Waals surface area contributed by atoms with Gasteiger partial charge in [0.25, 0.3) is 5.91 Å². The lowest BCUT2D eigenvalue weighted by molar-refractivity contribution is -0.142. The van der Waals surface area contributed by atoms with Gasteiger partial charge >= 0.3 is 5.97 Å². The topological polar surface area (TPSA) is 66.4 Å². The SMILES string of the molecule is CC(C)(C)[C@@H](NC(=O)c1cc(I)ccc1Br)C(=O)O. The molecule has 1 atom stereocenters. The summed E-state index contributed by atoms with van der Waals surface area (Å²) in [6.45, 7) is 5.32. The molecule has 0 unspecified atom stereocenters. The molecule has 104 valence electrons. The Morgan fingerprint density at radius 1 is 1.37 bits per heavy atom. The first-order chi connectivity index (χ1) is 8.62. The molecule has 4 nitrogen and oxygen atoms in total. The van der Waals surface area contributed by atoms with Crippen LogP contribution in [0.25, 0.3) is 0 Å². The molecule has 0 aliphatic heterocycles. The summed E-state index contributed by atoms with van der Waals surface area (Å²) in [5, 5.41) is 11.8. The maximum absolute atomic E-state index is 12.2. The molecule has 1 aromatic rings. The minimum Gasteiger partial charge on any atom is -0.480 e. The van der Waals surface area contributed by atoms with Crippen molar-refractivity contribution in [1.29, 1.82) is 0 Å². The predicted octanol–water partition coefficient (Wildman–Crippen LogP) is 3.28. The third-order valence-electron chi connectivity index (χ3n) is 2.56. The first kappa shape index (κ1) is 16.4. The summed E-state index contributed by atoms with van der Waals surface area (Å²) in [5.74, 6) is -1.43. The Hall–Kier alpha value is -0.630. The zero-order chi connectivity index (χ0) is 14.8. The van der Waals surface area contributed by atoms with Crippen molar-refractivity contribution in [3.8, 4) is 0 Å². The highest BCUT2D eigenvalue weighted by atomic mass is 127. The molecule has 1 aromatic carbocycles. The average Bonchev–Trinajstić information content (AvgIpc) is 2.26. The van der Waals surface area contributed by atoms with Gasteiger partial charge in [-0.25, -0.2) is 4.79 Å². The molecule has 6 heteroatoms. The van der Waals surface area contributed by atoms with Gasteiger partial charge in [-0.1, -0.05) is 20.8 Å². The van der Waals surface area contributed by atoms with Gasteiger partial charge < -0.3 is 10.4 Å². The first-order valence-corrected chi connectivity index (χ1v) is 7.49. The number of nitrogens with one attached hydrogen (secondary N) is 1. The zero-order valence-corrected chi connectivity index (χ0v) is 14.6. The van der Waals surface area contributed by atoms with Crippen molar-refractivity contribution in [2.24, 2.45) is 5.41 Å². The average molecular weight is 440 g/mol. The lowest BCUT2D eigenvalue weighted by Crippen LogP contribution is -2.49. The molecule has 0 aromatic heterocycles. The molecular weight excluding hydrogens is 425 g/mol. The van der Waals surface area contributed by atoms with Crippen LogP contribution in [0.15, 0.2) is 22.7 Å². The third kappa shape index (κ3) is 4.45. The van der Waals surface area contributed by atoms with E-state index >= 15 is 0 Å². The second-order valence-electron chi connectivity index (χ2n) is 5.23. The fourth-order valence-electron chi connectivity index (χ4n) is 1.53.